The van der Waals surface area contributed by atoms with Gasteiger partial charge in [0.2, 0.25) is 5.91 Å². The highest BCUT2D eigenvalue weighted by Crippen LogP contribution is 2.20. The lowest BCUT2D eigenvalue weighted by Gasteiger charge is -2.20. The van der Waals surface area contributed by atoms with Crippen LogP contribution in [0.2, 0.25) is 5.02 Å². The smallest absolute Gasteiger partial charge is 0.245 e. The minimum absolute atomic E-state index is 0.0277. The molecule has 0 saturated heterocycles. The number of rotatable bonds is 5. The molecule has 0 aliphatic carbocycles. The third-order valence-electron chi connectivity index (χ3n) is 2.81. The number of nitrogens with zero attached hydrogens (tertiary/aromatic N) is 2. The molecule has 1 atom stereocenters. The van der Waals surface area contributed by atoms with Gasteiger partial charge in [-0.2, -0.15) is 0 Å². The fraction of sp³-hybridized carbons (Fsp3) is 0.286. The zero-order chi connectivity index (χ0) is 14.4. The van der Waals surface area contributed by atoms with Crippen LogP contribution >= 0.6 is 23.4 Å². The first kappa shape index (κ1) is 15.1. The van der Waals surface area contributed by atoms with Gasteiger partial charge in [-0.15, -0.1) is 0 Å². The van der Waals surface area contributed by atoms with E-state index in [0.29, 0.717) is 11.4 Å². The Hall–Kier alpha value is -1.30. The number of aliphatic imine (C=N–C) groups is 1. The van der Waals surface area contributed by atoms with E-state index in [4.69, 9.17) is 17.3 Å². The van der Waals surface area contributed by atoms with Crippen LogP contribution in [0.3, 0.4) is 0 Å². The molecular weight excluding hydrogens is 294 g/mol. The number of hydrogen-bond acceptors (Lipinski definition) is 4. The quantitative estimate of drug-likeness (QED) is 0.850. The van der Waals surface area contributed by atoms with Crippen molar-refractivity contribution in [3.05, 3.63) is 46.5 Å². The van der Waals surface area contributed by atoms with Gasteiger partial charge in [-0.25, -0.2) is 4.99 Å². The minimum atomic E-state index is -0.130. The summed E-state index contributed by atoms with van der Waals surface area (Å²) in [6.07, 6.45) is 4.66. The highest BCUT2D eigenvalue weighted by atomic mass is 35.5. The van der Waals surface area contributed by atoms with Crippen LogP contribution in [0.1, 0.15) is 18.4 Å². The van der Waals surface area contributed by atoms with Gasteiger partial charge < -0.3 is 10.6 Å². The van der Waals surface area contributed by atoms with Gasteiger partial charge >= 0.3 is 0 Å². The summed E-state index contributed by atoms with van der Waals surface area (Å²) in [5, 5.41) is 2.60. The van der Waals surface area contributed by atoms with Crippen molar-refractivity contribution in [2.45, 2.75) is 18.3 Å². The molecule has 1 aromatic carbocycles. The van der Waals surface area contributed by atoms with Gasteiger partial charge in [-0.3, -0.25) is 4.79 Å². The van der Waals surface area contributed by atoms with Crippen LogP contribution in [-0.2, 0) is 4.79 Å². The van der Waals surface area contributed by atoms with Gasteiger partial charge in [0, 0.05) is 30.4 Å². The first-order valence-electron chi connectivity index (χ1n) is 6.31. The van der Waals surface area contributed by atoms with E-state index in [2.05, 4.69) is 4.99 Å². The van der Waals surface area contributed by atoms with E-state index in [-0.39, 0.29) is 11.4 Å². The van der Waals surface area contributed by atoms with Crippen LogP contribution in [0.15, 0.2) is 40.9 Å². The molecule has 2 rings (SSSR count). The van der Waals surface area contributed by atoms with E-state index < -0.39 is 0 Å². The van der Waals surface area contributed by atoms with Crippen molar-refractivity contribution >= 4 is 35.5 Å². The zero-order valence-electron chi connectivity index (χ0n) is 10.9. The van der Waals surface area contributed by atoms with Crippen LogP contribution in [0.5, 0.6) is 0 Å². The summed E-state index contributed by atoms with van der Waals surface area (Å²) in [4.78, 5) is 17.6. The molecule has 1 aliphatic heterocycles. The van der Waals surface area contributed by atoms with Crippen molar-refractivity contribution in [3.8, 4) is 0 Å². The number of amides is 1. The molecule has 1 heterocycles. The molecular formula is C14H16ClN3OS. The number of nitrogens with two attached hydrogens (primary N) is 1. The standard InChI is InChI=1S/C14H16ClN3OS/c15-12-4-1-3-11(9-12)10-17-13(19)5-2-6-18-7-8-20-14(18)16/h1,3-4,7-10,14H,2,5-6,16H2. The van der Waals surface area contributed by atoms with Crippen LogP contribution in [0, 0.1) is 0 Å². The molecule has 2 N–H and O–H groups in total. The van der Waals surface area contributed by atoms with Gasteiger partial charge in [-0.1, -0.05) is 35.5 Å². The maximum Gasteiger partial charge on any atom is 0.245 e. The number of thioether (sulfide) groups is 1. The molecule has 0 fully saturated rings. The lowest BCUT2D eigenvalue weighted by atomic mass is 10.2. The Morgan fingerprint density at radius 1 is 1.55 bits per heavy atom. The van der Waals surface area contributed by atoms with Crippen molar-refractivity contribution in [3.63, 3.8) is 0 Å². The van der Waals surface area contributed by atoms with Crippen molar-refractivity contribution in [2.24, 2.45) is 10.7 Å². The van der Waals surface area contributed by atoms with Crippen molar-refractivity contribution in [1.82, 2.24) is 4.90 Å². The first-order chi connectivity index (χ1) is 9.65. The van der Waals surface area contributed by atoms with Crippen LogP contribution < -0.4 is 5.73 Å². The maximum atomic E-state index is 11.7. The molecule has 0 bridgehead atoms. The van der Waals surface area contributed by atoms with Gasteiger partial charge in [0.05, 0.1) is 0 Å². The molecule has 1 unspecified atom stereocenters. The summed E-state index contributed by atoms with van der Waals surface area (Å²) in [5.74, 6) is -0.130. The summed E-state index contributed by atoms with van der Waals surface area (Å²) in [5.41, 5.74) is 6.64. The summed E-state index contributed by atoms with van der Waals surface area (Å²) >= 11 is 7.43. The number of halogens is 1. The Labute approximate surface area is 127 Å². The van der Waals surface area contributed by atoms with Gasteiger partial charge in [-0.05, 0) is 29.5 Å². The Balaban J connectivity index is 1.74. The molecule has 20 heavy (non-hydrogen) atoms. The van der Waals surface area contributed by atoms with E-state index >= 15 is 0 Å². The van der Waals surface area contributed by atoms with Gasteiger partial charge in [0.25, 0.3) is 0 Å². The van der Waals surface area contributed by atoms with Gasteiger partial charge in [0.1, 0.15) is 5.50 Å². The Morgan fingerprint density at radius 2 is 2.40 bits per heavy atom. The second kappa shape index (κ2) is 7.47. The minimum Gasteiger partial charge on any atom is -0.353 e. The molecule has 106 valence electrons. The molecule has 4 nitrogen and oxygen atoms in total. The normalized spacial score (nSPS) is 18.1. The molecule has 0 spiro atoms. The summed E-state index contributed by atoms with van der Waals surface area (Å²) in [7, 11) is 0. The average molecular weight is 310 g/mol. The van der Waals surface area contributed by atoms with E-state index in [0.717, 1.165) is 18.5 Å². The Morgan fingerprint density at radius 3 is 3.10 bits per heavy atom. The van der Waals surface area contributed by atoms with E-state index in [1.165, 1.54) is 0 Å². The largest absolute Gasteiger partial charge is 0.353 e. The predicted molar refractivity (Wildman–Crippen MR) is 84.7 cm³/mol. The fourth-order valence-corrected chi connectivity index (χ4v) is 2.69. The van der Waals surface area contributed by atoms with E-state index in [1.54, 1.807) is 30.1 Å². The van der Waals surface area contributed by atoms with E-state index in [1.807, 2.05) is 28.6 Å². The molecule has 1 amide bonds. The van der Waals surface area contributed by atoms with Crippen LogP contribution in [-0.4, -0.2) is 29.1 Å². The molecule has 0 aromatic heterocycles. The third kappa shape index (κ3) is 4.67. The Kier molecular flexibility index (Phi) is 5.64. The molecule has 0 radical (unpaired) electrons. The fourth-order valence-electron chi connectivity index (χ4n) is 1.77. The zero-order valence-corrected chi connectivity index (χ0v) is 12.5. The van der Waals surface area contributed by atoms with E-state index in [9.17, 15) is 4.79 Å². The number of carbonyl (C=O) groups excluding carboxylic acids is 1. The molecule has 0 saturated carbocycles. The topological polar surface area (TPSA) is 58.7 Å². The Bertz CT molecular complexity index is 533. The average Bonchev–Trinajstić information content (AvgIpc) is 2.82. The highest BCUT2D eigenvalue weighted by Gasteiger charge is 2.14. The van der Waals surface area contributed by atoms with Crippen LogP contribution in [0.25, 0.3) is 0 Å². The maximum absolute atomic E-state index is 11.7. The first-order valence-corrected chi connectivity index (χ1v) is 7.63. The summed E-state index contributed by atoms with van der Waals surface area (Å²) in [6, 6.07) is 7.23. The number of benzene rings is 1. The predicted octanol–water partition coefficient (Wildman–Crippen LogP) is 2.83. The second-order valence-electron chi connectivity index (χ2n) is 4.36. The van der Waals surface area contributed by atoms with Crippen molar-refractivity contribution in [2.75, 3.05) is 6.54 Å². The SMILES string of the molecule is NC1SC=CN1CCCC(=O)N=Cc1cccc(Cl)c1. The highest BCUT2D eigenvalue weighted by molar-refractivity contribution is 8.02. The lowest BCUT2D eigenvalue weighted by Crippen LogP contribution is -2.33. The molecule has 1 aromatic rings. The number of carbonyl (C=O) groups is 1. The third-order valence-corrected chi connectivity index (χ3v) is 3.87. The van der Waals surface area contributed by atoms with Crippen LogP contribution in [0.4, 0.5) is 0 Å². The van der Waals surface area contributed by atoms with Gasteiger partial charge in [0.15, 0.2) is 0 Å². The summed E-state index contributed by atoms with van der Waals surface area (Å²) in [6.45, 7) is 0.767. The number of hydrogen-bond donors (Lipinski definition) is 1. The second-order valence-corrected chi connectivity index (χ2v) is 5.82. The van der Waals surface area contributed by atoms with Crippen molar-refractivity contribution < 1.29 is 4.79 Å². The van der Waals surface area contributed by atoms with Crippen molar-refractivity contribution in [1.29, 1.82) is 0 Å². The molecule has 6 heteroatoms. The lowest BCUT2D eigenvalue weighted by molar-refractivity contribution is -0.117. The summed E-state index contributed by atoms with van der Waals surface area (Å²) < 4.78 is 0. The molecule has 1 aliphatic rings. The monoisotopic (exact) mass is 309 g/mol.